The lowest BCUT2D eigenvalue weighted by atomic mass is 9.99. The van der Waals surface area contributed by atoms with E-state index in [0.717, 1.165) is 38.5 Å². The molecule has 6 atom stereocenters. The van der Waals surface area contributed by atoms with Gasteiger partial charge in [-0.1, -0.05) is 283 Å². The third kappa shape index (κ3) is 46.3. The Morgan fingerprint density at radius 1 is 0.493 bits per heavy atom. The summed E-state index contributed by atoms with van der Waals surface area (Å²) in [6, 6.07) is 0. The van der Waals surface area contributed by atoms with Gasteiger partial charge in [-0.3, -0.25) is 9.35 Å². The van der Waals surface area contributed by atoms with Gasteiger partial charge >= 0.3 is 16.4 Å². The highest BCUT2D eigenvalue weighted by Crippen LogP contribution is 2.26. The van der Waals surface area contributed by atoms with Crippen LogP contribution < -0.4 is 0 Å². The van der Waals surface area contributed by atoms with E-state index in [1.54, 1.807) is 0 Å². The molecule has 1 heterocycles. The first-order valence-electron chi connectivity index (χ1n) is 31.9. The number of hydrogen-bond acceptors (Lipinski definition) is 11. The van der Waals surface area contributed by atoms with Crippen molar-refractivity contribution in [2.24, 2.45) is 0 Å². The summed E-state index contributed by atoms with van der Waals surface area (Å²) in [5, 5.41) is 30.9. The van der Waals surface area contributed by atoms with Crippen molar-refractivity contribution in [2.75, 3.05) is 26.4 Å². The quantitative estimate of drug-likeness (QED) is 0.0196. The number of unbranched alkanes of at least 4 members (excludes halogenated alkanes) is 43. The number of carbonyl (C=O) groups is 1. The van der Waals surface area contributed by atoms with Crippen LogP contribution in [0.5, 0.6) is 0 Å². The summed E-state index contributed by atoms with van der Waals surface area (Å²) in [4.78, 5) is 13.0. The number of allylic oxidation sites excluding steroid dienone is 2. The number of aliphatic hydroxyl groups is 3. The van der Waals surface area contributed by atoms with Crippen molar-refractivity contribution < 1.29 is 56.2 Å². The van der Waals surface area contributed by atoms with E-state index in [0.29, 0.717) is 13.0 Å². The second kappa shape index (κ2) is 53.5. The number of hydrogen-bond donors (Lipinski definition) is 4. The zero-order valence-electron chi connectivity index (χ0n) is 48.6. The van der Waals surface area contributed by atoms with E-state index in [1.807, 2.05) is 0 Å². The van der Waals surface area contributed by atoms with E-state index < -0.39 is 59.8 Å². The Morgan fingerprint density at radius 3 is 1.20 bits per heavy atom. The minimum absolute atomic E-state index is 0.0431. The molecule has 0 spiro atoms. The van der Waals surface area contributed by atoms with Crippen molar-refractivity contribution in [2.45, 2.75) is 352 Å². The fourth-order valence-electron chi connectivity index (χ4n) is 10.3. The van der Waals surface area contributed by atoms with Crippen LogP contribution in [-0.4, -0.2) is 97.5 Å². The van der Waals surface area contributed by atoms with Crippen LogP contribution in [0.1, 0.15) is 316 Å². The fraction of sp³-hybridized carbons (Fsp3) is 0.952. The summed E-state index contributed by atoms with van der Waals surface area (Å²) in [5.41, 5.74) is 0. The number of esters is 1. The van der Waals surface area contributed by atoms with Crippen molar-refractivity contribution in [1.82, 2.24) is 0 Å². The first-order chi connectivity index (χ1) is 36.6. The lowest BCUT2D eigenvalue weighted by molar-refractivity contribution is -0.301. The SMILES string of the molecule is CCCCCCCCCC/C=C\CCCCCCCCCCCCCC(=O)OC(COCCCCCCCCCCCCCCCCCCCCCCCCCCC)COC1OC(CO)C(O)C(OS(=O)(=O)O)C1O. The minimum Gasteiger partial charge on any atom is -0.457 e. The molecular formula is C62H120O12S. The second-order valence-corrected chi connectivity index (χ2v) is 23.4. The van der Waals surface area contributed by atoms with Crippen LogP contribution in [0.4, 0.5) is 0 Å². The molecule has 6 unspecified atom stereocenters. The maximum atomic E-state index is 13.0. The summed E-state index contributed by atoms with van der Waals surface area (Å²) in [5.74, 6) is -0.391. The highest BCUT2D eigenvalue weighted by molar-refractivity contribution is 7.80. The third-order valence-corrected chi connectivity index (χ3v) is 15.6. The van der Waals surface area contributed by atoms with E-state index in [2.05, 4.69) is 30.2 Å². The topological polar surface area (TPSA) is 178 Å². The molecule has 0 radical (unpaired) electrons. The van der Waals surface area contributed by atoms with Crippen molar-refractivity contribution in [3.63, 3.8) is 0 Å². The Balaban J connectivity index is 2.23. The average molecular weight is 1090 g/mol. The molecule has 1 aliphatic rings. The summed E-state index contributed by atoms with van der Waals surface area (Å²) >= 11 is 0. The van der Waals surface area contributed by atoms with Gasteiger partial charge in [0, 0.05) is 13.0 Å². The minimum atomic E-state index is -5.07. The van der Waals surface area contributed by atoms with Gasteiger partial charge in [-0.25, -0.2) is 4.18 Å². The maximum Gasteiger partial charge on any atom is 0.397 e. The monoisotopic (exact) mass is 1090 g/mol. The van der Waals surface area contributed by atoms with Gasteiger partial charge in [0.25, 0.3) is 0 Å². The molecule has 0 aromatic heterocycles. The van der Waals surface area contributed by atoms with Crippen LogP contribution >= 0.6 is 0 Å². The predicted octanol–water partition coefficient (Wildman–Crippen LogP) is 16.5. The van der Waals surface area contributed by atoms with Gasteiger partial charge in [-0.15, -0.1) is 0 Å². The van der Waals surface area contributed by atoms with Crippen molar-refractivity contribution >= 4 is 16.4 Å². The van der Waals surface area contributed by atoms with Crippen LogP contribution in [-0.2, 0) is 38.3 Å². The van der Waals surface area contributed by atoms with Crippen LogP contribution in [0.15, 0.2) is 12.2 Å². The molecule has 75 heavy (non-hydrogen) atoms. The Hall–Kier alpha value is -1.16. The van der Waals surface area contributed by atoms with Gasteiger partial charge in [0.2, 0.25) is 0 Å². The van der Waals surface area contributed by atoms with Gasteiger partial charge in [-0.05, 0) is 38.5 Å². The first kappa shape index (κ1) is 71.9. The second-order valence-electron chi connectivity index (χ2n) is 22.4. The molecule has 1 fully saturated rings. The maximum absolute atomic E-state index is 13.0. The summed E-state index contributed by atoms with van der Waals surface area (Å²) in [6.07, 6.45) is 55.5. The molecule has 1 rings (SSSR count). The van der Waals surface area contributed by atoms with E-state index in [9.17, 15) is 33.1 Å². The molecular weight excluding hydrogens is 969 g/mol. The van der Waals surface area contributed by atoms with E-state index >= 15 is 0 Å². The molecule has 13 heteroatoms. The van der Waals surface area contributed by atoms with Gasteiger partial charge in [0.1, 0.15) is 30.5 Å². The zero-order valence-corrected chi connectivity index (χ0v) is 49.5. The van der Waals surface area contributed by atoms with Crippen molar-refractivity contribution in [1.29, 1.82) is 0 Å². The summed E-state index contributed by atoms with van der Waals surface area (Å²) in [7, 11) is -5.07. The average Bonchev–Trinajstić information content (AvgIpc) is 3.39. The van der Waals surface area contributed by atoms with Crippen molar-refractivity contribution in [3.8, 4) is 0 Å². The highest BCUT2D eigenvalue weighted by Gasteiger charge is 2.48. The standard InChI is InChI=1S/C62H120O12S/c1-3-5-7-9-11-13-15-17-19-21-23-25-27-28-30-32-34-36-38-40-42-44-46-48-50-52-70-54-56(55-71-62-60(66)61(74-75(67,68)69)59(65)57(53-63)73-62)72-58(64)51-49-47-45-43-41-39-37-35-33-31-29-26-24-22-20-18-16-14-12-10-8-6-4-2/h22,24,56-57,59-63,65-66H,3-21,23,25-55H2,1-2H3,(H,67,68,69)/b24-22-. The lowest BCUT2D eigenvalue weighted by Crippen LogP contribution is -2.60. The normalized spacial score (nSPS) is 18.6. The molecule has 0 aromatic rings. The molecule has 0 aromatic carbocycles. The largest absolute Gasteiger partial charge is 0.457 e. The lowest BCUT2D eigenvalue weighted by Gasteiger charge is -2.41. The number of carbonyl (C=O) groups excluding carboxylic acids is 1. The first-order valence-corrected chi connectivity index (χ1v) is 33.3. The summed E-state index contributed by atoms with van der Waals surface area (Å²) in [6.45, 7) is 4.08. The fourth-order valence-corrected chi connectivity index (χ4v) is 10.8. The Labute approximate surface area is 461 Å². The Bertz CT molecular complexity index is 1350. The third-order valence-electron chi connectivity index (χ3n) is 15.1. The van der Waals surface area contributed by atoms with Crippen LogP contribution in [0, 0.1) is 0 Å². The molecule has 446 valence electrons. The van der Waals surface area contributed by atoms with Crippen LogP contribution in [0.3, 0.4) is 0 Å². The molecule has 0 saturated carbocycles. The Morgan fingerprint density at radius 2 is 0.840 bits per heavy atom. The summed E-state index contributed by atoms with van der Waals surface area (Å²) < 4.78 is 59.6. The number of aliphatic hydroxyl groups excluding tert-OH is 3. The van der Waals surface area contributed by atoms with Gasteiger partial charge in [0.05, 0.1) is 19.8 Å². The molecule has 1 saturated heterocycles. The van der Waals surface area contributed by atoms with E-state index in [1.165, 1.54) is 250 Å². The van der Waals surface area contributed by atoms with Gasteiger partial charge in [-0.2, -0.15) is 8.42 Å². The Kier molecular flexibility index (Phi) is 51.2. The number of rotatable bonds is 58. The molecule has 1 aliphatic heterocycles. The van der Waals surface area contributed by atoms with Gasteiger partial charge in [0.15, 0.2) is 6.29 Å². The van der Waals surface area contributed by atoms with Crippen molar-refractivity contribution in [3.05, 3.63) is 12.2 Å². The molecule has 0 amide bonds. The molecule has 4 N–H and O–H groups in total. The molecule has 0 aliphatic carbocycles. The van der Waals surface area contributed by atoms with Crippen LogP contribution in [0.25, 0.3) is 0 Å². The smallest absolute Gasteiger partial charge is 0.397 e. The zero-order chi connectivity index (χ0) is 54.6. The van der Waals surface area contributed by atoms with Gasteiger partial charge < -0.3 is 34.3 Å². The van der Waals surface area contributed by atoms with E-state index in [-0.39, 0.29) is 19.6 Å². The van der Waals surface area contributed by atoms with E-state index in [4.69, 9.17) is 18.9 Å². The molecule has 0 bridgehead atoms. The van der Waals surface area contributed by atoms with Crippen LogP contribution in [0.2, 0.25) is 0 Å². The number of ether oxygens (including phenoxy) is 4. The predicted molar refractivity (Wildman–Crippen MR) is 308 cm³/mol. The molecule has 12 nitrogen and oxygen atoms in total. The highest BCUT2D eigenvalue weighted by atomic mass is 32.3.